The zero-order valence-corrected chi connectivity index (χ0v) is 10.8. The number of rotatable bonds is 4. The van der Waals surface area contributed by atoms with Crippen molar-refractivity contribution in [3.63, 3.8) is 0 Å². The summed E-state index contributed by atoms with van der Waals surface area (Å²) in [4.78, 5) is 2.20. The van der Waals surface area contributed by atoms with E-state index in [1.807, 2.05) is 18.2 Å². The van der Waals surface area contributed by atoms with E-state index in [1.165, 1.54) is 5.69 Å². The van der Waals surface area contributed by atoms with Crippen LogP contribution in [0.4, 0.5) is 5.69 Å². The van der Waals surface area contributed by atoms with E-state index in [4.69, 9.17) is 0 Å². The van der Waals surface area contributed by atoms with Crippen molar-refractivity contribution in [2.45, 2.75) is 33.8 Å². The van der Waals surface area contributed by atoms with Gasteiger partial charge in [0.25, 0.3) is 0 Å². The van der Waals surface area contributed by atoms with Gasteiger partial charge in [0.15, 0.2) is 0 Å². The lowest BCUT2D eigenvalue weighted by Crippen LogP contribution is -2.39. The van der Waals surface area contributed by atoms with Crippen molar-refractivity contribution in [2.24, 2.45) is 5.41 Å². The molecule has 2 nitrogen and oxygen atoms in total. The second-order valence-electron chi connectivity index (χ2n) is 5.26. The number of hydrogen-bond donors (Lipinski definition) is 1. The number of aliphatic hydroxyl groups excluding tert-OH is 1. The molecule has 1 rings (SSSR count). The lowest BCUT2D eigenvalue weighted by molar-refractivity contribution is 0.0691. The van der Waals surface area contributed by atoms with Crippen LogP contribution in [0.5, 0.6) is 0 Å². The van der Waals surface area contributed by atoms with Crippen LogP contribution in [0, 0.1) is 5.41 Å². The van der Waals surface area contributed by atoms with E-state index in [0.29, 0.717) is 6.54 Å². The van der Waals surface area contributed by atoms with Crippen LogP contribution in [-0.4, -0.2) is 24.3 Å². The summed E-state index contributed by atoms with van der Waals surface area (Å²) in [6, 6.07) is 10.2. The van der Waals surface area contributed by atoms with Crippen molar-refractivity contribution in [1.29, 1.82) is 0 Å². The SMILES string of the molecule is CCN(CC(O)C(C)(C)C)c1ccccc1. The third-order valence-corrected chi connectivity index (χ3v) is 2.90. The number of para-hydroxylation sites is 1. The molecule has 0 fully saturated rings. The largest absolute Gasteiger partial charge is 0.391 e. The molecule has 0 saturated heterocycles. The van der Waals surface area contributed by atoms with Gasteiger partial charge in [0.1, 0.15) is 0 Å². The van der Waals surface area contributed by atoms with E-state index in [1.54, 1.807) is 0 Å². The number of aliphatic hydroxyl groups is 1. The first-order valence-electron chi connectivity index (χ1n) is 5.93. The Labute approximate surface area is 98.9 Å². The molecule has 0 aliphatic carbocycles. The molecule has 0 aliphatic rings. The van der Waals surface area contributed by atoms with E-state index in [2.05, 4.69) is 44.7 Å². The maximum Gasteiger partial charge on any atom is 0.0763 e. The summed E-state index contributed by atoms with van der Waals surface area (Å²) < 4.78 is 0. The molecule has 1 N–H and O–H groups in total. The number of likely N-dealkylation sites (N-methyl/N-ethyl adjacent to an activating group) is 1. The van der Waals surface area contributed by atoms with Gasteiger partial charge in [-0.25, -0.2) is 0 Å². The van der Waals surface area contributed by atoms with Gasteiger partial charge >= 0.3 is 0 Å². The molecule has 16 heavy (non-hydrogen) atoms. The average molecular weight is 221 g/mol. The lowest BCUT2D eigenvalue weighted by Gasteiger charge is -2.32. The molecular weight excluding hydrogens is 198 g/mol. The van der Waals surface area contributed by atoms with E-state index < -0.39 is 0 Å². The molecule has 2 heteroatoms. The van der Waals surface area contributed by atoms with Crippen LogP contribution in [0.2, 0.25) is 0 Å². The highest BCUT2D eigenvalue weighted by Gasteiger charge is 2.24. The number of anilines is 1. The first kappa shape index (κ1) is 13.0. The molecule has 1 unspecified atom stereocenters. The Balaban J connectivity index is 2.70. The van der Waals surface area contributed by atoms with Crippen LogP contribution in [0.3, 0.4) is 0 Å². The van der Waals surface area contributed by atoms with Gasteiger partial charge < -0.3 is 10.0 Å². The Hall–Kier alpha value is -1.02. The van der Waals surface area contributed by atoms with Crippen LogP contribution in [0.15, 0.2) is 30.3 Å². The summed E-state index contributed by atoms with van der Waals surface area (Å²) in [5, 5.41) is 10.1. The van der Waals surface area contributed by atoms with Crippen molar-refractivity contribution >= 4 is 5.69 Å². The molecule has 1 atom stereocenters. The normalized spacial score (nSPS) is 13.6. The van der Waals surface area contributed by atoms with E-state index in [-0.39, 0.29) is 11.5 Å². The second-order valence-corrected chi connectivity index (χ2v) is 5.26. The maximum atomic E-state index is 10.1. The zero-order valence-electron chi connectivity index (χ0n) is 10.8. The van der Waals surface area contributed by atoms with Gasteiger partial charge in [-0.15, -0.1) is 0 Å². The Morgan fingerprint density at radius 1 is 1.19 bits per heavy atom. The van der Waals surface area contributed by atoms with E-state index in [0.717, 1.165) is 6.54 Å². The first-order valence-corrected chi connectivity index (χ1v) is 5.93. The molecule has 0 aromatic heterocycles. The van der Waals surface area contributed by atoms with E-state index in [9.17, 15) is 5.11 Å². The van der Waals surface area contributed by atoms with Crippen molar-refractivity contribution < 1.29 is 5.11 Å². The smallest absolute Gasteiger partial charge is 0.0763 e. The van der Waals surface area contributed by atoms with Crippen LogP contribution in [0.25, 0.3) is 0 Å². The summed E-state index contributed by atoms with van der Waals surface area (Å²) in [5.41, 5.74) is 1.11. The zero-order chi connectivity index (χ0) is 12.2. The van der Waals surface area contributed by atoms with Gasteiger partial charge in [-0.3, -0.25) is 0 Å². The molecular formula is C14H23NO. The third-order valence-electron chi connectivity index (χ3n) is 2.90. The summed E-state index contributed by atoms with van der Waals surface area (Å²) in [6.45, 7) is 9.91. The summed E-state index contributed by atoms with van der Waals surface area (Å²) >= 11 is 0. The van der Waals surface area contributed by atoms with Crippen molar-refractivity contribution in [1.82, 2.24) is 0 Å². The Morgan fingerprint density at radius 2 is 1.75 bits per heavy atom. The molecule has 0 heterocycles. The van der Waals surface area contributed by atoms with Crippen molar-refractivity contribution in [3.8, 4) is 0 Å². The monoisotopic (exact) mass is 221 g/mol. The fourth-order valence-electron chi connectivity index (χ4n) is 1.54. The summed E-state index contributed by atoms with van der Waals surface area (Å²) in [7, 11) is 0. The average Bonchev–Trinajstić information content (AvgIpc) is 2.25. The fraction of sp³-hybridized carbons (Fsp3) is 0.571. The van der Waals surface area contributed by atoms with Crippen LogP contribution < -0.4 is 4.90 Å². The molecule has 0 spiro atoms. The van der Waals surface area contributed by atoms with Crippen LogP contribution in [0.1, 0.15) is 27.7 Å². The van der Waals surface area contributed by atoms with E-state index >= 15 is 0 Å². The minimum atomic E-state index is -0.312. The molecule has 0 saturated carbocycles. The van der Waals surface area contributed by atoms with Gasteiger partial charge in [0, 0.05) is 18.8 Å². The summed E-state index contributed by atoms with van der Waals surface area (Å²) in [5.74, 6) is 0. The predicted molar refractivity (Wildman–Crippen MR) is 69.8 cm³/mol. The molecule has 0 radical (unpaired) electrons. The van der Waals surface area contributed by atoms with Crippen molar-refractivity contribution in [3.05, 3.63) is 30.3 Å². The highest BCUT2D eigenvalue weighted by Crippen LogP contribution is 2.22. The molecule has 0 amide bonds. The van der Waals surface area contributed by atoms with Crippen LogP contribution >= 0.6 is 0 Å². The van der Waals surface area contributed by atoms with Gasteiger partial charge in [0.05, 0.1) is 6.10 Å². The van der Waals surface area contributed by atoms with Crippen molar-refractivity contribution in [2.75, 3.05) is 18.0 Å². The van der Waals surface area contributed by atoms with Gasteiger partial charge in [-0.1, -0.05) is 39.0 Å². The third kappa shape index (κ3) is 3.53. The Kier molecular flexibility index (Phi) is 4.36. The fourth-order valence-corrected chi connectivity index (χ4v) is 1.54. The minimum Gasteiger partial charge on any atom is -0.391 e. The summed E-state index contributed by atoms with van der Waals surface area (Å²) in [6.07, 6.45) is -0.312. The quantitative estimate of drug-likeness (QED) is 0.845. The lowest BCUT2D eigenvalue weighted by atomic mass is 9.89. The minimum absolute atomic E-state index is 0.0673. The highest BCUT2D eigenvalue weighted by molar-refractivity contribution is 5.45. The number of nitrogens with zero attached hydrogens (tertiary/aromatic N) is 1. The number of hydrogen-bond acceptors (Lipinski definition) is 2. The maximum absolute atomic E-state index is 10.1. The van der Waals surface area contributed by atoms with Gasteiger partial charge in [0.2, 0.25) is 0 Å². The van der Waals surface area contributed by atoms with Crippen LogP contribution in [-0.2, 0) is 0 Å². The second kappa shape index (κ2) is 5.35. The molecule has 0 bridgehead atoms. The molecule has 1 aromatic rings. The highest BCUT2D eigenvalue weighted by atomic mass is 16.3. The molecule has 90 valence electrons. The molecule has 1 aromatic carbocycles. The Bertz CT molecular complexity index is 302. The Morgan fingerprint density at radius 3 is 2.19 bits per heavy atom. The predicted octanol–water partition coefficient (Wildman–Crippen LogP) is 2.92. The number of benzene rings is 1. The van der Waals surface area contributed by atoms with Gasteiger partial charge in [-0.05, 0) is 24.5 Å². The standard InChI is InChI=1S/C14H23NO/c1-5-15(11-13(16)14(2,3)4)12-9-7-6-8-10-12/h6-10,13,16H,5,11H2,1-4H3. The first-order chi connectivity index (χ1) is 7.45. The topological polar surface area (TPSA) is 23.5 Å². The van der Waals surface area contributed by atoms with Gasteiger partial charge in [-0.2, -0.15) is 0 Å². The molecule has 0 aliphatic heterocycles.